The van der Waals surface area contributed by atoms with Crippen LogP contribution >= 0.6 is 0 Å². The van der Waals surface area contributed by atoms with Crippen LogP contribution in [0.15, 0.2) is 42.5 Å². The number of phenols is 2. The van der Waals surface area contributed by atoms with Gasteiger partial charge in [-0.3, -0.25) is 9.59 Å². The molecule has 2 rings (SSSR count). The van der Waals surface area contributed by atoms with Crippen LogP contribution in [0.5, 0.6) is 11.5 Å². The number of phenolic OH excluding ortho intramolecular Hbond substituents is 2. The molecular weight excluding hydrogens is 256 g/mol. The van der Waals surface area contributed by atoms with E-state index < -0.39 is 5.78 Å². The summed E-state index contributed by atoms with van der Waals surface area (Å²) in [5.41, 5.74) is 1.44. The first-order valence-electron chi connectivity index (χ1n) is 6.12. The van der Waals surface area contributed by atoms with Crippen molar-refractivity contribution in [3.63, 3.8) is 0 Å². The molecular formula is C16H14O4. The van der Waals surface area contributed by atoms with Gasteiger partial charge in [-0.25, -0.2) is 0 Å². The maximum atomic E-state index is 12.0. The average molecular weight is 270 g/mol. The summed E-state index contributed by atoms with van der Waals surface area (Å²) in [6.07, 6.45) is -0.318. The zero-order valence-corrected chi connectivity index (χ0v) is 11.0. The molecule has 2 aromatic carbocycles. The Morgan fingerprint density at radius 2 is 1.75 bits per heavy atom. The molecule has 0 saturated heterocycles. The fourth-order valence-electron chi connectivity index (χ4n) is 1.92. The molecule has 102 valence electrons. The van der Waals surface area contributed by atoms with Crippen LogP contribution in [0.4, 0.5) is 0 Å². The van der Waals surface area contributed by atoms with Crippen LogP contribution in [-0.2, 0) is 0 Å². The summed E-state index contributed by atoms with van der Waals surface area (Å²) in [6.45, 7) is 1.87. The summed E-state index contributed by atoms with van der Waals surface area (Å²) in [6, 6.07) is 10.7. The van der Waals surface area contributed by atoms with Gasteiger partial charge in [0.05, 0.1) is 12.0 Å². The zero-order chi connectivity index (χ0) is 14.7. The standard InChI is InChI=1S/C16H14O4/c1-10-3-2-4-11(7-10)14(18)9-16(20)13-6-5-12(17)8-15(13)19/h2-8,17,19H,9H2,1H3. The van der Waals surface area contributed by atoms with E-state index in [1.807, 2.05) is 13.0 Å². The van der Waals surface area contributed by atoms with Crippen molar-refractivity contribution < 1.29 is 19.8 Å². The van der Waals surface area contributed by atoms with Crippen molar-refractivity contribution >= 4 is 11.6 Å². The van der Waals surface area contributed by atoms with Gasteiger partial charge in [0.15, 0.2) is 11.6 Å². The first-order valence-corrected chi connectivity index (χ1v) is 6.12. The van der Waals surface area contributed by atoms with Crippen LogP contribution in [0.1, 0.15) is 32.7 Å². The van der Waals surface area contributed by atoms with Gasteiger partial charge in [0, 0.05) is 11.6 Å². The second-order valence-corrected chi connectivity index (χ2v) is 4.59. The van der Waals surface area contributed by atoms with E-state index in [0.29, 0.717) is 5.56 Å². The third-order valence-corrected chi connectivity index (χ3v) is 2.94. The van der Waals surface area contributed by atoms with Gasteiger partial charge in [0.1, 0.15) is 11.5 Å². The minimum absolute atomic E-state index is 0.0313. The molecule has 0 aromatic heterocycles. The van der Waals surface area contributed by atoms with Gasteiger partial charge in [-0.05, 0) is 25.1 Å². The predicted molar refractivity (Wildman–Crippen MR) is 74.2 cm³/mol. The monoisotopic (exact) mass is 270 g/mol. The van der Waals surface area contributed by atoms with E-state index >= 15 is 0 Å². The highest BCUT2D eigenvalue weighted by atomic mass is 16.3. The van der Waals surface area contributed by atoms with Crippen molar-refractivity contribution in [2.24, 2.45) is 0 Å². The second kappa shape index (κ2) is 5.57. The third-order valence-electron chi connectivity index (χ3n) is 2.94. The Kier molecular flexibility index (Phi) is 3.84. The Bertz CT molecular complexity index is 674. The zero-order valence-electron chi connectivity index (χ0n) is 11.0. The highest BCUT2D eigenvalue weighted by Crippen LogP contribution is 2.24. The molecule has 0 aliphatic carbocycles. The fourth-order valence-corrected chi connectivity index (χ4v) is 1.92. The van der Waals surface area contributed by atoms with Crippen molar-refractivity contribution in [3.05, 3.63) is 59.2 Å². The Morgan fingerprint density at radius 3 is 2.40 bits per heavy atom. The normalized spacial score (nSPS) is 10.2. The summed E-state index contributed by atoms with van der Waals surface area (Å²) < 4.78 is 0. The van der Waals surface area contributed by atoms with Crippen molar-refractivity contribution in [3.8, 4) is 11.5 Å². The lowest BCUT2D eigenvalue weighted by Crippen LogP contribution is -2.09. The number of aromatic hydroxyl groups is 2. The summed E-state index contributed by atoms with van der Waals surface area (Å²) in [4.78, 5) is 24.0. The van der Waals surface area contributed by atoms with Crippen LogP contribution in [0, 0.1) is 6.92 Å². The van der Waals surface area contributed by atoms with Gasteiger partial charge in [0.2, 0.25) is 0 Å². The minimum Gasteiger partial charge on any atom is -0.508 e. The lowest BCUT2D eigenvalue weighted by Gasteiger charge is -2.05. The molecule has 0 saturated carbocycles. The highest BCUT2D eigenvalue weighted by molar-refractivity contribution is 6.14. The predicted octanol–water partition coefficient (Wildman–Crippen LogP) is 2.86. The van der Waals surface area contributed by atoms with Gasteiger partial charge in [0.25, 0.3) is 0 Å². The Morgan fingerprint density at radius 1 is 1.00 bits per heavy atom. The van der Waals surface area contributed by atoms with Gasteiger partial charge < -0.3 is 10.2 Å². The van der Waals surface area contributed by atoms with Crippen molar-refractivity contribution in [2.45, 2.75) is 13.3 Å². The lowest BCUT2D eigenvalue weighted by molar-refractivity contribution is 0.0893. The molecule has 2 N–H and O–H groups in total. The van der Waals surface area contributed by atoms with E-state index in [4.69, 9.17) is 0 Å². The summed E-state index contributed by atoms with van der Waals surface area (Å²) in [5, 5.41) is 18.8. The van der Waals surface area contributed by atoms with Crippen LogP contribution < -0.4 is 0 Å². The number of aryl methyl sites for hydroxylation is 1. The number of hydrogen-bond acceptors (Lipinski definition) is 4. The van der Waals surface area contributed by atoms with E-state index in [-0.39, 0.29) is 29.3 Å². The van der Waals surface area contributed by atoms with E-state index in [0.717, 1.165) is 11.6 Å². The van der Waals surface area contributed by atoms with Gasteiger partial charge in [-0.15, -0.1) is 0 Å². The molecule has 0 aliphatic heterocycles. The van der Waals surface area contributed by atoms with Crippen LogP contribution in [0.3, 0.4) is 0 Å². The maximum Gasteiger partial charge on any atom is 0.174 e. The molecule has 0 spiro atoms. The second-order valence-electron chi connectivity index (χ2n) is 4.59. The highest BCUT2D eigenvalue weighted by Gasteiger charge is 2.17. The summed E-state index contributed by atoms with van der Waals surface area (Å²) in [5.74, 6) is -1.24. The molecule has 4 heteroatoms. The first kappa shape index (κ1) is 13.8. The Balaban J connectivity index is 2.17. The molecule has 0 unspecified atom stereocenters. The molecule has 0 heterocycles. The summed E-state index contributed by atoms with van der Waals surface area (Å²) in [7, 11) is 0. The number of Topliss-reactive ketones (excluding diaryl/α,β-unsaturated/α-hetero) is 2. The molecule has 0 amide bonds. The van der Waals surface area contributed by atoms with E-state index in [1.165, 1.54) is 12.1 Å². The topological polar surface area (TPSA) is 74.6 Å². The number of carbonyl (C=O) groups is 2. The largest absolute Gasteiger partial charge is 0.508 e. The van der Waals surface area contributed by atoms with Crippen LogP contribution in [0.2, 0.25) is 0 Å². The number of benzene rings is 2. The van der Waals surface area contributed by atoms with Crippen molar-refractivity contribution in [1.29, 1.82) is 0 Å². The minimum atomic E-state index is -0.478. The molecule has 20 heavy (non-hydrogen) atoms. The Hall–Kier alpha value is -2.62. The molecule has 0 fully saturated rings. The quantitative estimate of drug-likeness (QED) is 0.661. The average Bonchev–Trinajstić information content (AvgIpc) is 2.38. The molecule has 0 bridgehead atoms. The van der Waals surface area contributed by atoms with E-state index in [9.17, 15) is 19.8 Å². The third kappa shape index (κ3) is 3.03. The van der Waals surface area contributed by atoms with Gasteiger partial charge >= 0.3 is 0 Å². The SMILES string of the molecule is Cc1cccc(C(=O)CC(=O)c2ccc(O)cc2O)c1. The lowest BCUT2D eigenvalue weighted by atomic mass is 10.00. The number of ketones is 2. The maximum absolute atomic E-state index is 12.0. The first-order chi connectivity index (χ1) is 9.47. The van der Waals surface area contributed by atoms with Gasteiger partial charge in [-0.2, -0.15) is 0 Å². The number of carbonyl (C=O) groups excluding carboxylic acids is 2. The number of rotatable bonds is 4. The molecule has 0 atom stereocenters. The smallest absolute Gasteiger partial charge is 0.174 e. The molecule has 2 aromatic rings. The van der Waals surface area contributed by atoms with Crippen LogP contribution in [-0.4, -0.2) is 21.8 Å². The summed E-state index contributed by atoms with van der Waals surface area (Å²) >= 11 is 0. The van der Waals surface area contributed by atoms with Crippen molar-refractivity contribution in [2.75, 3.05) is 0 Å². The molecule has 4 nitrogen and oxygen atoms in total. The van der Waals surface area contributed by atoms with Crippen LogP contribution in [0.25, 0.3) is 0 Å². The fraction of sp³-hybridized carbons (Fsp3) is 0.125. The Labute approximate surface area is 116 Å². The van der Waals surface area contributed by atoms with E-state index in [2.05, 4.69) is 0 Å². The van der Waals surface area contributed by atoms with Gasteiger partial charge in [-0.1, -0.05) is 23.8 Å². The molecule has 0 aliphatic rings. The number of hydrogen-bond donors (Lipinski definition) is 2. The van der Waals surface area contributed by atoms with Crippen molar-refractivity contribution in [1.82, 2.24) is 0 Å². The molecule has 0 radical (unpaired) electrons. The van der Waals surface area contributed by atoms with E-state index in [1.54, 1.807) is 18.2 Å².